The Balaban J connectivity index is 1.33. The van der Waals surface area contributed by atoms with E-state index in [1.807, 2.05) is 24.3 Å². The van der Waals surface area contributed by atoms with Crippen LogP contribution in [0.1, 0.15) is 53.3 Å². The lowest BCUT2D eigenvalue weighted by Crippen LogP contribution is -2.59. The number of nitrogens with zero attached hydrogens (tertiary/aromatic N) is 2. The first-order valence-electron chi connectivity index (χ1n) is 10.1. The van der Waals surface area contributed by atoms with Crippen LogP contribution in [0, 0.1) is 0 Å². The summed E-state index contributed by atoms with van der Waals surface area (Å²) < 4.78 is 5.50. The summed E-state index contributed by atoms with van der Waals surface area (Å²) in [7, 11) is 0. The zero-order valence-electron chi connectivity index (χ0n) is 16.5. The van der Waals surface area contributed by atoms with Gasteiger partial charge in [0, 0.05) is 25.3 Å². The molecule has 2 N–H and O–H groups in total. The molecule has 154 valence electrons. The fourth-order valence-electron chi connectivity index (χ4n) is 3.74. The molecule has 6 nitrogen and oxygen atoms in total. The van der Waals surface area contributed by atoms with Gasteiger partial charge in [-0.2, -0.15) is 0 Å². The number of amides is 1. The van der Waals surface area contributed by atoms with Gasteiger partial charge in [0.1, 0.15) is 18.1 Å². The van der Waals surface area contributed by atoms with Gasteiger partial charge in [0.2, 0.25) is 0 Å². The standard InChI is InChI=1S/C22H26ClN3O3/c1-14(18-3-2-4-20(21(18)23)29-10-9-27)26-12-17(13-26)25-22(28)19-11-16(7-8-24-19)15-5-6-15/h2-4,7-8,11,14-15,17,27H,5-6,9-10,12-13H2,1H3,(H,25,28). The maximum Gasteiger partial charge on any atom is 0.270 e. The van der Waals surface area contributed by atoms with Crippen molar-refractivity contribution in [2.24, 2.45) is 0 Å². The summed E-state index contributed by atoms with van der Waals surface area (Å²) in [6, 6.07) is 9.82. The number of hydrogen-bond donors (Lipinski definition) is 2. The zero-order chi connectivity index (χ0) is 20.4. The van der Waals surface area contributed by atoms with Gasteiger partial charge in [0.15, 0.2) is 0 Å². The molecule has 0 spiro atoms. The summed E-state index contributed by atoms with van der Waals surface area (Å²) in [5.41, 5.74) is 2.69. The highest BCUT2D eigenvalue weighted by atomic mass is 35.5. The van der Waals surface area contributed by atoms with E-state index in [1.54, 1.807) is 12.3 Å². The van der Waals surface area contributed by atoms with Gasteiger partial charge in [-0.1, -0.05) is 23.7 Å². The predicted molar refractivity (Wildman–Crippen MR) is 111 cm³/mol. The minimum Gasteiger partial charge on any atom is -0.490 e. The summed E-state index contributed by atoms with van der Waals surface area (Å²) in [6.45, 7) is 3.77. The lowest BCUT2D eigenvalue weighted by atomic mass is 10.00. The van der Waals surface area contributed by atoms with E-state index in [1.165, 1.54) is 18.4 Å². The third-order valence-corrected chi connectivity index (χ3v) is 6.05. The Morgan fingerprint density at radius 3 is 2.90 bits per heavy atom. The van der Waals surface area contributed by atoms with Crippen LogP contribution in [0.2, 0.25) is 5.02 Å². The van der Waals surface area contributed by atoms with Crippen molar-refractivity contribution in [2.45, 2.75) is 37.8 Å². The number of likely N-dealkylation sites (tertiary alicyclic amines) is 1. The average molecular weight is 416 g/mol. The Hall–Kier alpha value is -2.15. The number of ether oxygens (including phenoxy) is 1. The van der Waals surface area contributed by atoms with Gasteiger partial charge >= 0.3 is 0 Å². The molecule has 4 rings (SSSR count). The number of benzene rings is 1. The lowest BCUT2D eigenvalue weighted by Gasteiger charge is -2.43. The Labute approximate surface area is 175 Å². The first-order chi connectivity index (χ1) is 14.1. The molecule has 1 aromatic heterocycles. The van der Waals surface area contributed by atoms with E-state index in [2.05, 4.69) is 22.1 Å². The Morgan fingerprint density at radius 1 is 1.38 bits per heavy atom. The number of nitrogens with one attached hydrogen (secondary N) is 1. The number of carbonyl (C=O) groups excluding carboxylic acids is 1. The average Bonchev–Trinajstić information content (AvgIpc) is 3.54. The monoisotopic (exact) mass is 415 g/mol. The van der Waals surface area contributed by atoms with Gasteiger partial charge in [-0.15, -0.1) is 0 Å². The highest BCUT2D eigenvalue weighted by molar-refractivity contribution is 6.32. The summed E-state index contributed by atoms with van der Waals surface area (Å²) in [6.07, 6.45) is 4.14. The van der Waals surface area contributed by atoms with Crippen molar-refractivity contribution in [3.8, 4) is 5.75 Å². The summed E-state index contributed by atoms with van der Waals surface area (Å²) in [5.74, 6) is 1.07. The van der Waals surface area contributed by atoms with Crippen LogP contribution in [-0.4, -0.2) is 53.2 Å². The van der Waals surface area contributed by atoms with Crippen LogP contribution in [0.15, 0.2) is 36.5 Å². The van der Waals surface area contributed by atoms with Crippen molar-refractivity contribution in [3.05, 3.63) is 58.4 Å². The van der Waals surface area contributed by atoms with E-state index < -0.39 is 0 Å². The van der Waals surface area contributed by atoms with Crippen molar-refractivity contribution in [3.63, 3.8) is 0 Å². The fraction of sp³-hybridized carbons (Fsp3) is 0.455. The third-order valence-electron chi connectivity index (χ3n) is 5.65. The highest BCUT2D eigenvalue weighted by Gasteiger charge is 2.33. The van der Waals surface area contributed by atoms with Gasteiger partial charge < -0.3 is 15.2 Å². The minimum absolute atomic E-state index is 0.0535. The molecule has 1 saturated heterocycles. The number of pyridine rings is 1. The molecule has 1 aliphatic carbocycles. The van der Waals surface area contributed by atoms with Crippen molar-refractivity contribution in [1.82, 2.24) is 15.2 Å². The highest BCUT2D eigenvalue weighted by Crippen LogP contribution is 2.40. The van der Waals surface area contributed by atoms with Crippen molar-refractivity contribution < 1.29 is 14.6 Å². The van der Waals surface area contributed by atoms with Gasteiger partial charge in [-0.25, -0.2) is 0 Å². The number of carbonyl (C=O) groups is 1. The first-order valence-corrected chi connectivity index (χ1v) is 10.5. The predicted octanol–water partition coefficient (Wildman–Crippen LogP) is 3.16. The van der Waals surface area contributed by atoms with Crippen LogP contribution in [-0.2, 0) is 0 Å². The molecule has 1 unspecified atom stereocenters. The molecule has 1 saturated carbocycles. The summed E-state index contributed by atoms with van der Waals surface area (Å²) in [5, 5.41) is 12.6. The van der Waals surface area contributed by atoms with E-state index >= 15 is 0 Å². The van der Waals surface area contributed by atoms with Crippen molar-refractivity contribution in [1.29, 1.82) is 0 Å². The van der Waals surface area contributed by atoms with Crippen LogP contribution in [0.5, 0.6) is 5.75 Å². The normalized spacial score (nSPS) is 18.2. The van der Waals surface area contributed by atoms with Gasteiger partial charge in [-0.05, 0) is 55.0 Å². The molecule has 1 amide bonds. The van der Waals surface area contributed by atoms with Gasteiger partial charge in [-0.3, -0.25) is 14.7 Å². The number of aromatic nitrogens is 1. The molecule has 2 heterocycles. The van der Waals surface area contributed by atoms with E-state index in [-0.39, 0.29) is 31.2 Å². The van der Waals surface area contributed by atoms with E-state index in [0.717, 1.165) is 18.7 Å². The van der Waals surface area contributed by atoms with E-state index in [0.29, 0.717) is 22.4 Å². The second-order valence-corrected chi connectivity index (χ2v) is 8.16. The number of aliphatic hydroxyl groups excluding tert-OH is 1. The van der Waals surface area contributed by atoms with Crippen LogP contribution >= 0.6 is 11.6 Å². The van der Waals surface area contributed by atoms with Crippen LogP contribution < -0.4 is 10.1 Å². The molecule has 7 heteroatoms. The van der Waals surface area contributed by atoms with Crippen LogP contribution in [0.25, 0.3) is 0 Å². The Kier molecular flexibility index (Phi) is 6.04. The number of halogens is 1. The molecule has 1 atom stereocenters. The SMILES string of the molecule is CC(c1cccc(OCCO)c1Cl)N1CC(NC(=O)c2cc(C3CC3)ccn2)C1. The van der Waals surface area contributed by atoms with E-state index in [4.69, 9.17) is 21.4 Å². The zero-order valence-corrected chi connectivity index (χ0v) is 17.2. The van der Waals surface area contributed by atoms with Crippen molar-refractivity contribution >= 4 is 17.5 Å². The third kappa shape index (κ3) is 4.55. The number of hydrogen-bond acceptors (Lipinski definition) is 5. The lowest BCUT2D eigenvalue weighted by molar-refractivity contribution is 0.0672. The molecular formula is C22H26ClN3O3. The maximum atomic E-state index is 12.5. The van der Waals surface area contributed by atoms with Gasteiger partial charge in [0.25, 0.3) is 5.91 Å². The van der Waals surface area contributed by atoms with Crippen molar-refractivity contribution in [2.75, 3.05) is 26.3 Å². The van der Waals surface area contributed by atoms with Gasteiger partial charge in [0.05, 0.1) is 17.7 Å². The fourth-order valence-corrected chi connectivity index (χ4v) is 4.07. The molecule has 0 radical (unpaired) electrons. The number of aliphatic hydroxyl groups is 1. The summed E-state index contributed by atoms with van der Waals surface area (Å²) in [4.78, 5) is 19.0. The molecule has 2 aromatic rings. The molecule has 1 aliphatic heterocycles. The topological polar surface area (TPSA) is 74.7 Å². The smallest absolute Gasteiger partial charge is 0.270 e. The second kappa shape index (κ2) is 8.69. The first kappa shape index (κ1) is 20.1. The molecule has 2 fully saturated rings. The molecular weight excluding hydrogens is 390 g/mol. The summed E-state index contributed by atoms with van der Waals surface area (Å²) >= 11 is 6.50. The van der Waals surface area contributed by atoms with Crippen LogP contribution in [0.3, 0.4) is 0 Å². The minimum atomic E-state index is -0.109. The maximum absolute atomic E-state index is 12.5. The molecule has 29 heavy (non-hydrogen) atoms. The number of rotatable bonds is 8. The second-order valence-electron chi connectivity index (χ2n) is 7.78. The quantitative estimate of drug-likeness (QED) is 0.692. The Morgan fingerprint density at radius 2 is 2.17 bits per heavy atom. The van der Waals surface area contributed by atoms with E-state index in [9.17, 15) is 4.79 Å². The molecule has 0 bridgehead atoms. The molecule has 2 aliphatic rings. The molecule has 1 aromatic carbocycles. The largest absolute Gasteiger partial charge is 0.490 e. The Bertz CT molecular complexity index is 881. The van der Waals surface area contributed by atoms with Crippen LogP contribution in [0.4, 0.5) is 0 Å².